The molecule has 2 nitrogen and oxygen atoms in total. The van der Waals surface area contributed by atoms with Crippen LogP contribution >= 0.6 is 12.4 Å². The van der Waals surface area contributed by atoms with Gasteiger partial charge in [0.2, 0.25) is 0 Å². The maximum atomic E-state index is 13.6. The van der Waals surface area contributed by atoms with E-state index in [1.54, 1.807) is 12.1 Å². The number of benzene rings is 2. The normalized spacial score (nSPS) is 10.4. The van der Waals surface area contributed by atoms with Gasteiger partial charge in [0.05, 0.1) is 0 Å². The van der Waals surface area contributed by atoms with E-state index in [1.807, 2.05) is 30.3 Å². The van der Waals surface area contributed by atoms with Gasteiger partial charge >= 0.3 is 0 Å². The number of hydrogen-bond acceptors (Lipinski definition) is 2. The van der Waals surface area contributed by atoms with Crippen molar-refractivity contribution in [1.29, 1.82) is 0 Å². The third-order valence-electron chi connectivity index (χ3n) is 3.18. The number of ether oxygens (including phenoxy) is 1. The molecule has 0 unspecified atom stereocenters. The minimum atomic E-state index is -0.229. The average Bonchev–Trinajstić information content (AvgIpc) is 2.47. The largest absolute Gasteiger partial charge is 0.488 e. The molecule has 0 fully saturated rings. The van der Waals surface area contributed by atoms with Gasteiger partial charge in [-0.1, -0.05) is 50.2 Å². The van der Waals surface area contributed by atoms with Crippen LogP contribution in [0.1, 0.15) is 25.0 Å². The molecular weight excluding hydrogens is 301 g/mol. The Morgan fingerprint density at radius 1 is 1.00 bits per heavy atom. The summed E-state index contributed by atoms with van der Waals surface area (Å²) in [6.07, 6.45) is 0. The van der Waals surface area contributed by atoms with Crippen molar-refractivity contribution in [1.82, 2.24) is 5.32 Å². The standard InChI is InChI=1S/C18H22FNO.ClH/c1-14(2)11-20-12-15-7-4-6-10-18(15)21-13-16-8-3-5-9-17(16)19;/h3-10,14,20H,11-13H2,1-2H3;1H. The molecule has 2 aromatic carbocycles. The molecule has 0 saturated carbocycles. The molecule has 0 radical (unpaired) electrons. The van der Waals surface area contributed by atoms with Gasteiger partial charge in [0.25, 0.3) is 0 Å². The van der Waals surface area contributed by atoms with Crippen LogP contribution in [0.5, 0.6) is 5.75 Å². The molecule has 1 N–H and O–H groups in total. The predicted molar refractivity (Wildman–Crippen MR) is 91.0 cm³/mol. The molecule has 0 saturated heterocycles. The lowest BCUT2D eigenvalue weighted by Gasteiger charge is -2.13. The molecule has 0 aliphatic rings. The molecule has 0 aromatic heterocycles. The summed E-state index contributed by atoms with van der Waals surface area (Å²) in [5.74, 6) is 1.18. The van der Waals surface area contributed by atoms with Crippen LogP contribution in [0, 0.1) is 11.7 Å². The maximum absolute atomic E-state index is 13.6. The van der Waals surface area contributed by atoms with Crippen molar-refractivity contribution in [3.8, 4) is 5.75 Å². The summed E-state index contributed by atoms with van der Waals surface area (Å²) in [7, 11) is 0. The first-order valence-corrected chi connectivity index (χ1v) is 7.31. The fraction of sp³-hybridized carbons (Fsp3) is 0.333. The summed E-state index contributed by atoms with van der Waals surface area (Å²) < 4.78 is 19.4. The van der Waals surface area contributed by atoms with Crippen LogP contribution < -0.4 is 10.1 Å². The molecule has 22 heavy (non-hydrogen) atoms. The van der Waals surface area contributed by atoms with E-state index >= 15 is 0 Å². The SMILES string of the molecule is CC(C)CNCc1ccccc1OCc1ccccc1F.Cl. The second kappa shape index (κ2) is 9.44. The molecule has 0 amide bonds. The van der Waals surface area contributed by atoms with Crippen LogP contribution in [0.3, 0.4) is 0 Å². The van der Waals surface area contributed by atoms with Crippen molar-refractivity contribution in [2.75, 3.05) is 6.54 Å². The second-order valence-corrected chi connectivity index (χ2v) is 5.51. The number of para-hydroxylation sites is 1. The lowest BCUT2D eigenvalue weighted by molar-refractivity contribution is 0.296. The van der Waals surface area contributed by atoms with E-state index in [2.05, 4.69) is 19.2 Å². The molecule has 0 heterocycles. The van der Waals surface area contributed by atoms with E-state index in [0.717, 1.165) is 24.4 Å². The summed E-state index contributed by atoms with van der Waals surface area (Å²) >= 11 is 0. The Morgan fingerprint density at radius 3 is 2.32 bits per heavy atom. The lowest BCUT2D eigenvalue weighted by Crippen LogP contribution is -2.19. The van der Waals surface area contributed by atoms with Crippen molar-refractivity contribution in [2.24, 2.45) is 5.92 Å². The second-order valence-electron chi connectivity index (χ2n) is 5.51. The molecule has 0 spiro atoms. The minimum absolute atomic E-state index is 0. The highest BCUT2D eigenvalue weighted by molar-refractivity contribution is 5.85. The number of hydrogen-bond donors (Lipinski definition) is 1. The molecule has 2 aromatic rings. The summed E-state index contributed by atoms with van der Waals surface area (Å²) in [4.78, 5) is 0. The Balaban J connectivity index is 0.00000242. The molecule has 4 heteroatoms. The predicted octanol–water partition coefficient (Wildman–Crippen LogP) is 4.57. The Bertz CT molecular complexity index is 575. The molecule has 0 atom stereocenters. The van der Waals surface area contributed by atoms with Gasteiger partial charge in [-0.2, -0.15) is 0 Å². The van der Waals surface area contributed by atoms with Gasteiger partial charge in [0.1, 0.15) is 18.2 Å². The molecule has 0 bridgehead atoms. The van der Waals surface area contributed by atoms with Gasteiger partial charge in [-0.15, -0.1) is 12.4 Å². The zero-order chi connectivity index (χ0) is 15.1. The zero-order valence-corrected chi connectivity index (χ0v) is 13.8. The van der Waals surface area contributed by atoms with Crippen molar-refractivity contribution < 1.29 is 9.13 Å². The van der Waals surface area contributed by atoms with Crippen LogP contribution in [-0.2, 0) is 13.2 Å². The van der Waals surface area contributed by atoms with Crippen LogP contribution in [0.15, 0.2) is 48.5 Å². The summed E-state index contributed by atoms with van der Waals surface area (Å²) in [6, 6.07) is 14.6. The average molecular weight is 324 g/mol. The highest BCUT2D eigenvalue weighted by Crippen LogP contribution is 2.20. The van der Waals surface area contributed by atoms with Crippen molar-refractivity contribution in [2.45, 2.75) is 27.0 Å². The summed E-state index contributed by atoms with van der Waals surface area (Å²) in [5.41, 5.74) is 1.66. The highest BCUT2D eigenvalue weighted by Gasteiger charge is 2.06. The Kier molecular flexibility index (Phi) is 7.92. The van der Waals surface area contributed by atoms with Crippen LogP contribution in [-0.4, -0.2) is 6.54 Å². The highest BCUT2D eigenvalue weighted by atomic mass is 35.5. The maximum Gasteiger partial charge on any atom is 0.129 e. The number of rotatable bonds is 7. The molecule has 0 aliphatic heterocycles. The van der Waals surface area contributed by atoms with Gasteiger partial charge in [-0.3, -0.25) is 0 Å². The van der Waals surface area contributed by atoms with E-state index in [-0.39, 0.29) is 24.8 Å². The van der Waals surface area contributed by atoms with Crippen LogP contribution in [0.25, 0.3) is 0 Å². The van der Waals surface area contributed by atoms with Gasteiger partial charge in [-0.05, 0) is 24.6 Å². The third-order valence-corrected chi connectivity index (χ3v) is 3.18. The first-order chi connectivity index (χ1) is 10.2. The van der Waals surface area contributed by atoms with Crippen molar-refractivity contribution in [3.05, 3.63) is 65.5 Å². The van der Waals surface area contributed by atoms with Crippen LogP contribution in [0.2, 0.25) is 0 Å². The lowest BCUT2D eigenvalue weighted by atomic mass is 10.1. The van der Waals surface area contributed by atoms with Crippen LogP contribution in [0.4, 0.5) is 4.39 Å². The first kappa shape index (κ1) is 18.5. The fourth-order valence-electron chi connectivity index (χ4n) is 2.06. The third kappa shape index (κ3) is 5.66. The van der Waals surface area contributed by atoms with E-state index in [1.165, 1.54) is 6.07 Å². The van der Waals surface area contributed by atoms with Crippen molar-refractivity contribution in [3.63, 3.8) is 0 Å². The summed E-state index contributed by atoms with van der Waals surface area (Å²) in [6.45, 7) is 6.31. The Hall–Kier alpha value is -1.58. The van der Waals surface area contributed by atoms with E-state index in [4.69, 9.17) is 4.74 Å². The minimum Gasteiger partial charge on any atom is -0.488 e. The van der Waals surface area contributed by atoms with Crippen molar-refractivity contribution >= 4 is 12.4 Å². The summed E-state index contributed by atoms with van der Waals surface area (Å²) in [5, 5.41) is 3.40. The van der Waals surface area contributed by atoms with E-state index < -0.39 is 0 Å². The van der Waals surface area contributed by atoms with Gasteiger partial charge in [-0.25, -0.2) is 4.39 Å². The molecule has 2 rings (SSSR count). The van der Waals surface area contributed by atoms with E-state index in [9.17, 15) is 4.39 Å². The smallest absolute Gasteiger partial charge is 0.129 e. The monoisotopic (exact) mass is 323 g/mol. The molecular formula is C18H23ClFNO. The molecule has 0 aliphatic carbocycles. The molecule has 120 valence electrons. The van der Waals surface area contributed by atoms with Gasteiger partial charge in [0.15, 0.2) is 0 Å². The quantitative estimate of drug-likeness (QED) is 0.805. The first-order valence-electron chi connectivity index (χ1n) is 7.31. The zero-order valence-electron chi connectivity index (χ0n) is 13.0. The van der Waals surface area contributed by atoms with Gasteiger partial charge < -0.3 is 10.1 Å². The van der Waals surface area contributed by atoms with Gasteiger partial charge in [0, 0.05) is 17.7 Å². The fourth-order valence-corrected chi connectivity index (χ4v) is 2.06. The number of nitrogens with one attached hydrogen (secondary N) is 1. The van der Waals surface area contributed by atoms with E-state index in [0.29, 0.717) is 11.5 Å². The Morgan fingerprint density at radius 2 is 1.64 bits per heavy atom. The Labute approximate surface area is 138 Å². The number of halogens is 2. The topological polar surface area (TPSA) is 21.3 Å².